The van der Waals surface area contributed by atoms with E-state index in [-0.39, 0.29) is 18.7 Å². The third-order valence-electron chi connectivity index (χ3n) is 3.52. The van der Waals surface area contributed by atoms with E-state index in [9.17, 15) is 14.7 Å². The first-order valence-corrected chi connectivity index (χ1v) is 8.20. The zero-order valence-electron chi connectivity index (χ0n) is 13.7. The highest BCUT2D eigenvalue weighted by Gasteiger charge is 2.30. The van der Waals surface area contributed by atoms with Gasteiger partial charge in [-0.3, -0.25) is 9.78 Å². The molecule has 1 amide bonds. The molecule has 7 heteroatoms. The molecule has 1 aromatic heterocycles. The molecular formula is C18H19ClN2O4. The van der Waals surface area contributed by atoms with E-state index >= 15 is 0 Å². The first-order chi connectivity index (χ1) is 12.0. The van der Waals surface area contributed by atoms with Crippen molar-refractivity contribution in [3.8, 4) is 0 Å². The van der Waals surface area contributed by atoms with Crippen LogP contribution < -0.4 is 5.32 Å². The molecule has 2 N–H and O–H groups in total. The van der Waals surface area contributed by atoms with Crippen molar-refractivity contribution in [3.63, 3.8) is 0 Å². The molecule has 25 heavy (non-hydrogen) atoms. The molecule has 6 nitrogen and oxygen atoms in total. The molecule has 2 aromatic rings. The highest BCUT2D eigenvalue weighted by molar-refractivity contribution is 6.31. The van der Waals surface area contributed by atoms with Gasteiger partial charge in [0.2, 0.25) is 0 Å². The van der Waals surface area contributed by atoms with Crippen molar-refractivity contribution in [2.24, 2.45) is 0 Å². The molecule has 0 radical (unpaired) electrons. The van der Waals surface area contributed by atoms with Crippen molar-refractivity contribution >= 4 is 23.5 Å². The van der Waals surface area contributed by atoms with Gasteiger partial charge in [0.05, 0.1) is 12.6 Å². The van der Waals surface area contributed by atoms with Gasteiger partial charge >= 0.3 is 5.97 Å². The largest absolute Gasteiger partial charge is 0.464 e. The molecule has 0 saturated heterocycles. The second-order valence-electron chi connectivity index (χ2n) is 5.29. The van der Waals surface area contributed by atoms with Gasteiger partial charge in [-0.2, -0.15) is 0 Å². The minimum Gasteiger partial charge on any atom is -0.464 e. The number of benzene rings is 1. The number of amides is 1. The third-order valence-corrected chi connectivity index (χ3v) is 3.89. The molecule has 1 aromatic carbocycles. The van der Waals surface area contributed by atoms with Crippen LogP contribution in [0.5, 0.6) is 0 Å². The summed E-state index contributed by atoms with van der Waals surface area (Å²) >= 11 is 6.14. The lowest BCUT2D eigenvalue weighted by molar-refractivity contribution is -0.154. The lowest BCUT2D eigenvalue weighted by Crippen LogP contribution is -2.49. The summed E-state index contributed by atoms with van der Waals surface area (Å²) in [5.74, 6) is -1.30. The standard InChI is InChI=1S/C18H19ClN2O4/c1-2-25-18(24)16(22)15(11-12-7-3-4-8-13(12)19)21-17(23)14-9-5-6-10-20-14/h3-10,15-16,22H,2,11H2,1H3,(H,21,23)/t15-,16-/m1/s1. The van der Waals surface area contributed by atoms with Gasteiger partial charge in [-0.25, -0.2) is 4.79 Å². The molecule has 2 rings (SSSR count). The monoisotopic (exact) mass is 362 g/mol. The smallest absolute Gasteiger partial charge is 0.337 e. The van der Waals surface area contributed by atoms with E-state index in [0.29, 0.717) is 10.6 Å². The summed E-state index contributed by atoms with van der Waals surface area (Å²) in [5, 5.41) is 13.4. The molecule has 0 aliphatic heterocycles. The van der Waals surface area contributed by atoms with Crippen LogP contribution in [0.15, 0.2) is 48.7 Å². The fraction of sp³-hybridized carbons (Fsp3) is 0.278. The lowest BCUT2D eigenvalue weighted by Gasteiger charge is -2.23. The first kappa shape index (κ1) is 18.9. The molecule has 2 atom stereocenters. The van der Waals surface area contributed by atoms with Gasteiger partial charge in [0.1, 0.15) is 5.69 Å². The highest BCUT2D eigenvalue weighted by atomic mass is 35.5. The third kappa shape index (κ3) is 5.27. The normalized spacial score (nSPS) is 12.9. The van der Waals surface area contributed by atoms with Gasteiger partial charge in [-0.05, 0) is 37.1 Å². The van der Waals surface area contributed by atoms with Crippen molar-refractivity contribution in [2.75, 3.05) is 6.61 Å². The van der Waals surface area contributed by atoms with Crippen LogP contribution in [-0.4, -0.2) is 40.7 Å². The molecule has 0 fully saturated rings. The Hall–Kier alpha value is -2.44. The number of carbonyl (C=O) groups is 2. The number of hydrogen-bond acceptors (Lipinski definition) is 5. The number of carbonyl (C=O) groups excluding carboxylic acids is 2. The summed E-state index contributed by atoms with van der Waals surface area (Å²) < 4.78 is 4.85. The fourth-order valence-electron chi connectivity index (χ4n) is 2.27. The van der Waals surface area contributed by atoms with Crippen LogP contribution in [-0.2, 0) is 16.0 Å². The van der Waals surface area contributed by atoms with Crippen LogP contribution in [0.25, 0.3) is 0 Å². The minimum absolute atomic E-state index is 0.128. The van der Waals surface area contributed by atoms with Crippen LogP contribution >= 0.6 is 11.6 Å². The molecule has 1 heterocycles. The number of halogens is 1. The van der Waals surface area contributed by atoms with Gasteiger partial charge in [0, 0.05) is 11.2 Å². The Morgan fingerprint density at radius 1 is 1.24 bits per heavy atom. The summed E-state index contributed by atoms with van der Waals surface area (Å²) in [5.41, 5.74) is 0.876. The maximum Gasteiger partial charge on any atom is 0.337 e. The number of aromatic nitrogens is 1. The van der Waals surface area contributed by atoms with E-state index in [1.807, 2.05) is 0 Å². The van der Waals surface area contributed by atoms with E-state index in [0.717, 1.165) is 0 Å². The zero-order valence-corrected chi connectivity index (χ0v) is 14.4. The molecule has 132 valence electrons. The van der Waals surface area contributed by atoms with Gasteiger partial charge < -0.3 is 15.2 Å². The van der Waals surface area contributed by atoms with Crippen molar-refractivity contribution in [1.29, 1.82) is 0 Å². The summed E-state index contributed by atoms with van der Waals surface area (Å²) in [6, 6.07) is 11.0. The van der Waals surface area contributed by atoms with Crippen molar-refractivity contribution < 1.29 is 19.4 Å². The predicted octanol–water partition coefficient (Wildman–Crippen LogP) is 2.00. The van der Waals surface area contributed by atoms with E-state index in [1.54, 1.807) is 49.4 Å². The summed E-state index contributed by atoms with van der Waals surface area (Å²) in [7, 11) is 0. The average molecular weight is 363 g/mol. The SMILES string of the molecule is CCOC(=O)[C@H](O)[C@@H](Cc1ccccc1Cl)NC(=O)c1ccccn1. The molecule has 0 spiro atoms. The summed E-state index contributed by atoms with van der Waals surface area (Å²) in [6.07, 6.45) is 0.127. The van der Waals surface area contributed by atoms with Gasteiger partial charge in [0.25, 0.3) is 5.91 Å². The van der Waals surface area contributed by atoms with Crippen LogP contribution in [0, 0.1) is 0 Å². The second kappa shape index (κ2) is 9.15. The Kier molecular flexibility index (Phi) is 6.91. The van der Waals surface area contributed by atoms with Crippen LogP contribution in [0.4, 0.5) is 0 Å². The average Bonchev–Trinajstić information content (AvgIpc) is 2.63. The Bertz CT molecular complexity index is 724. The molecular weight excluding hydrogens is 344 g/mol. The molecule has 0 unspecified atom stereocenters. The van der Waals surface area contributed by atoms with Gasteiger partial charge in [-0.1, -0.05) is 35.9 Å². The molecule has 0 saturated carbocycles. The van der Waals surface area contributed by atoms with Crippen molar-refractivity contribution in [3.05, 3.63) is 64.9 Å². The quantitative estimate of drug-likeness (QED) is 0.735. The van der Waals surface area contributed by atoms with E-state index < -0.39 is 24.0 Å². The van der Waals surface area contributed by atoms with E-state index in [1.165, 1.54) is 6.20 Å². The zero-order chi connectivity index (χ0) is 18.2. The number of esters is 1. The van der Waals surface area contributed by atoms with E-state index in [4.69, 9.17) is 16.3 Å². The Balaban J connectivity index is 2.21. The summed E-state index contributed by atoms with van der Waals surface area (Å²) in [4.78, 5) is 28.2. The molecule has 0 aliphatic rings. The van der Waals surface area contributed by atoms with Gasteiger partial charge in [0.15, 0.2) is 6.10 Å². The molecule has 0 bridgehead atoms. The maximum atomic E-state index is 12.3. The second-order valence-corrected chi connectivity index (χ2v) is 5.69. The topological polar surface area (TPSA) is 88.5 Å². The number of nitrogens with one attached hydrogen (secondary N) is 1. The van der Waals surface area contributed by atoms with Crippen LogP contribution in [0.1, 0.15) is 23.0 Å². The number of rotatable bonds is 7. The Labute approximate surface area is 150 Å². The van der Waals surface area contributed by atoms with Gasteiger partial charge in [-0.15, -0.1) is 0 Å². The number of ether oxygens (including phenoxy) is 1. The lowest BCUT2D eigenvalue weighted by atomic mass is 10.0. The Morgan fingerprint density at radius 3 is 2.60 bits per heavy atom. The number of aliphatic hydroxyl groups excluding tert-OH is 1. The van der Waals surface area contributed by atoms with Crippen LogP contribution in [0.2, 0.25) is 5.02 Å². The van der Waals surface area contributed by atoms with E-state index in [2.05, 4.69) is 10.3 Å². The van der Waals surface area contributed by atoms with Crippen molar-refractivity contribution in [2.45, 2.75) is 25.5 Å². The molecule has 0 aliphatic carbocycles. The number of aliphatic hydroxyl groups is 1. The number of pyridine rings is 1. The minimum atomic E-state index is -1.52. The summed E-state index contributed by atoms with van der Waals surface area (Å²) in [6.45, 7) is 1.77. The first-order valence-electron chi connectivity index (χ1n) is 7.83. The predicted molar refractivity (Wildman–Crippen MR) is 93.3 cm³/mol. The number of nitrogens with zero attached hydrogens (tertiary/aromatic N) is 1. The van der Waals surface area contributed by atoms with Crippen LogP contribution in [0.3, 0.4) is 0 Å². The van der Waals surface area contributed by atoms with Crippen molar-refractivity contribution in [1.82, 2.24) is 10.3 Å². The maximum absolute atomic E-state index is 12.3. The highest BCUT2D eigenvalue weighted by Crippen LogP contribution is 2.18. The number of hydrogen-bond donors (Lipinski definition) is 2. The fourth-order valence-corrected chi connectivity index (χ4v) is 2.49. The Morgan fingerprint density at radius 2 is 1.96 bits per heavy atom.